The number of anilines is 1. The second kappa shape index (κ2) is 6.50. The molecule has 2 aromatic carbocycles. The lowest BCUT2D eigenvalue weighted by Gasteiger charge is -2.10. The van der Waals surface area contributed by atoms with Crippen LogP contribution in [0, 0.1) is 12.7 Å². The fourth-order valence-electron chi connectivity index (χ4n) is 1.81. The SMILES string of the molecule is Cc1cc(F)c(Br)cc1NC(=O)Cc1cccc(Br)c1. The van der Waals surface area contributed by atoms with Crippen LogP contribution in [0.15, 0.2) is 45.3 Å². The second-order valence-electron chi connectivity index (χ2n) is 4.44. The largest absolute Gasteiger partial charge is 0.326 e. The first-order chi connectivity index (χ1) is 9.45. The molecule has 0 saturated carbocycles. The smallest absolute Gasteiger partial charge is 0.228 e. The van der Waals surface area contributed by atoms with E-state index in [2.05, 4.69) is 37.2 Å². The van der Waals surface area contributed by atoms with Gasteiger partial charge in [-0.1, -0.05) is 28.1 Å². The van der Waals surface area contributed by atoms with Crippen LogP contribution in [-0.2, 0) is 11.2 Å². The van der Waals surface area contributed by atoms with E-state index < -0.39 is 0 Å². The van der Waals surface area contributed by atoms with E-state index in [9.17, 15) is 9.18 Å². The average molecular weight is 401 g/mol. The molecule has 104 valence electrons. The normalized spacial score (nSPS) is 10.4. The number of halogens is 3. The van der Waals surface area contributed by atoms with Crippen LogP contribution in [-0.4, -0.2) is 5.91 Å². The third kappa shape index (κ3) is 3.90. The Hall–Kier alpha value is -1.20. The molecule has 0 aliphatic rings. The van der Waals surface area contributed by atoms with Gasteiger partial charge in [0.25, 0.3) is 0 Å². The zero-order valence-electron chi connectivity index (χ0n) is 10.7. The molecule has 0 bridgehead atoms. The Morgan fingerprint density at radius 2 is 2.00 bits per heavy atom. The minimum absolute atomic E-state index is 0.135. The molecule has 20 heavy (non-hydrogen) atoms. The maximum atomic E-state index is 13.3. The van der Waals surface area contributed by atoms with Crippen LogP contribution >= 0.6 is 31.9 Å². The molecule has 2 nitrogen and oxygen atoms in total. The lowest BCUT2D eigenvalue weighted by Crippen LogP contribution is -2.15. The minimum Gasteiger partial charge on any atom is -0.326 e. The van der Waals surface area contributed by atoms with Crippen molar-refractivity contribution < 1.29 is 9.18 Å². The molecule has 0 unspecified atom stereocenters. The van der Waals surface area contributed by atoms with Crippen molar-refractivity contribution in [3.63, 3.8) is 0 Å². The van der Waals surface area contributed by atoms with Gasteiger partial charge in [-0.25, -0.2) is 4.39 Å². The molecule has 0 heterocycles. The highest BCUT2D eigenvalue weighted by Crippen LogP contribution is 2.24. The van der Waals surface area contributed by atoms with Crippen molar-refractivity contribution in [2.75, 3.05) is 5.32 Å². The molecule has 0 saturated heterocycles. The van der Waals surface area contributed by atoms with E-state index in [-0.39, 0.29) is 18.1 Å². The topological polar surface area (TPSA) is 29.1 Å². The third-order valence-electron chi connectivity index (χ3n) is 2.80. The molecule has 2 aromatic rings. The van der Waals surface area contributed by atoms with Gasteiger partial charge in [0, 0.05) is 10.2 Å². The number of aryl methyl sites for hydroxylation is 1. The molecule has 0 aromatic heterocycles. The van der Waals surface area contributed by atoms with Crippen molar-refractivity contribution in [1.82, 2.24) is 0 Å². The number of benzene rings is 2. The number of rotatable bonds is 3. The van der Waals surface area contributed by atoms with Gasteiger partial charge in [-0.15, -0.1) is 0 Å². The third-order valence-corrected chi connectivity index (χ3v) is 3.90. The number of carbonyl (C=O) groups is 1. The summed E-state index contributed by atoms with van der Waals surface area (Å²) in [7, 11) is 0. The summed E-state index contributed by atoms with van der Waals surface area (Å²) in [5.74, 6) is -0.475. The van der Waals surface area contributed by atoms with E-state index in [0.29, 0.717) is 15.7 Å². The Morgan fingerprint density at radius 1 is 1.25 bits per heavy atom. The summed E-state index contributed by atoms with van der Waals surface area (Å²) in [6.45, 7) is 1.75. The van der Waals surface area contributed by atoms with Gasteiger partial charge in [-0.3, -0.25) is 4.79 Å². The fourth-order valence-corrected chi connectivity index (χ4v) is 2.60. The quantitative estimate of drug-likeness (QED) is 0.784. The molecule has 1 N–H and O–H groups in total. The van der Waals surface area contributed by atoms with Crippen LogP contribution in [0.5, 0.6) is 0 Å². The van der Waals surface area contributed by atoms with E-state index in [1.165, 1.54) is 6.07 Å². The first-order valence-electron chi connectivity index (χ1n) is 5.95. The lowest BCUT2D eigenvalue weighted by atomic mass is 10.1. The number of amides is 1. The van der Waals surface area contributed by atoms with Crippen molar-refractivity contribution in [3.8, 4) is 0 Å². The van der Waals surface area contributed by atoms with Gasteiger partial charge in [-0.05, 0) is 58.2 Å². The van der Waals surface area contributed by atoms with E-state index in [1.54, 1.807) is 13.0 Å². The Morgan fingerprint density at radius 3 is 2.70 bits per heavy atom. The van der Waals surface area contributed by atoms with Gasteiger partial charge in [0.15, 0.2) is 0 Å². The van der Waals surface area contributed by atoms with Crippen LogP contribution in [0.25, 0.3) is 0 Å². The van der Waals surface area contributed by atoms with E-state index in [0.717, 1.165) is 10.0 Å². The standard InChI is InChI=1S/C15H12Br2FNO/c1-9-5-13(18)12(17)8-14(9)19-15(20)7-10-3-2-4-11(16)6-10/h2-6,8H,7H2,1H3,(H,19,20). The first kappa shape index (κ1) is 15.2. The van der Waals surface area contributed by atoms with Crippen LogP contribution in [0.1, 0.15) is 11.1 Å². The van der Waals surface area contributed by atoms with Gasteiger partial charge in [0.2, 0.25) is 5.91 Å². The summed E-state index contributed by atoms with van der Waals surface area (Å²) >= 11 is 6.48. The zero-order valence-corrected chi connectivity index (χ0v) is 13.9. The van der Waals surface area contributed by atoms with E-state index >= 15 is 0 Å². The van der Waals surface area contributed by atoms with Crippen molar-refractivity contribution in [3.05, 3.63) is 62.3 Å². The number of hydrogen-bond acceptors (Lipinski definition) is 1. The van der Waals surface area contributed by atoms with Crippen LogP contribution in [0.2, 0.25) is 0 Å². The summed E-state index contributed by atoms with van der Waals surface area (Å²) in [6.07, 6.45) is 0.272. The van der Waals surface area contributed by atoms with Crippen molar-refractivity contribution >= 4 is 43.5 Å². The van der Waals surface area contributed by atoms with Gasteiger partial charge in [0.05, 0.1) is 10.9 Å². The number of nitrogens with one attached hydrogen (secondary N) is 1. The zero-order chi connectivity index (χ0) is 14.7. The molecule has 0 radical (unpaired) electrons. The van der Waals surface area contributed by atoms with Crippen molar-refractivity contribution in [1.29, 1.82) is 0 Å². The highest BCUT2D eigenvalue weighted by Gasteiger charge is 2.09. The molecule has 2 rings (SSSR count). The number of carbonyl (C=O) groups excluding carboxylic acids is 1. The van der Waals surface area contributed by atoms with Crippen LogP contribution in [0.3, 0.4) is 0 Å². The van der Waals surface area contributed by atoms with Crippen LogP contribution in [0.4, 0.5) is 10.1 Å². The highest BCUT2D eigenvalue weighted by atomic mass is 79.9. The summed E-state index contributed by atoms with van der Waals surface area (Å²) < 4.78 is 14.6. The summed E-state index contributed by atoms with van der Waals surface area (Å²) in [5, 5.41) is 2.80. The minimum atomic E-state index is -0.340. The molecule has 0 aliphatic carbocycles. The average Bonchev–Trinajstić information content (AvgIpc) is 2.36. The monoisotopic (exact) mass is 399 g/mol. The van der Waals surface area contributed by atoms with E-state index in [4.69, 9.17) is 0 Å². The Labute approximate surface area is 133 Å². The molecule has 0 atom stereocenters. The van der Waals surface area contributed by atoms with Crippen LogP contribution < -0.4 is 5.32 Å². The predicted octanol–water partition coefficient (Wildman–Crippen LogP) is 4.84. The first-order valence-corrected chi connectivity index (χ1v) is 7.54. The Bertz CT molecular complexity index is 658. The fraction of sp³-hybridized carbons (Fsp3) is 0.133. The lowest BCUT2D eigenvalue weighted by molar-refractivity contribution is -0.115. The van der Waals surface area contributed by atoms with Gasteiger partial charge in [0.1, 0.15) is 5.82 Å². The summed E-state index contributed by atoms with van der Waals surface area (Å²) in [4.78, 5) is 12.0. The Balaban J connectivity index is 2.10. The molecular weight excluding hydrogens is 389 g/mol. The molecule has 0 aliphatic heterocycles. The number of hydrogen-bond donors (Lipinski definition) is 1. The van der Waals surface area contributed by atoms with Crippen molar-refractivity contribution in [2.24, 2.45) is 0 Å². The Kier molecular flexibility index (Phi) is 4.94. The molecule has 5 heteroatoms. The molecule has 0 fully saturated rings. The summed E-state index contributed by atoms with van der Waals surface area (Å²) in [5.41, 5.74) is 2.21. The molecule has 1 amide bonds. The highest BCUT2D eigenvalue weighted by molar-refractivity contribution is 9.10. The maximum Gasteiger partial charge on any atom is 0.228 e. The maximum absolute atomic E-state index is 13.3. The molecule has 0 spiro atoms. The molecular formula is C15H12Br2FNO. The van der Waals surface area contributed by atoms with E-state index in [1.807, 2.05) is 24.3 Å². The predicted molar refractivity (Wildman–Crippen MR) is 85.3 cm³/mol. The van der Waals surface area contributed by atoms with Gasteiger partial charge in [-0.2, -0.15) is 0 Å². The van der Waals surface area contributed by atoms with Gasteiger partial charge >= 0.3 is 0 Å². The van der Waals surface area contributed by atoms with Crippen molar-refractivity contribution in [2.45, 2.75) is 13.3 Å². The second-order valence-corrected chi connectivity index (χ2v) is 6.21. The van der Waals surface area contributed by atoms with Gasteiger partial charge < -0.3 is 5.32 Å². The summed E-state index contributed by atoms with van der Waals surface area (Å²) in [6, 6.07) is 10.5.